The SMILES string of the molecule is CCN(Cc1cccc(F)c1)C(=O)COC(=O)CNC(=O)c1ccc(Br)cc1. The van der Waals surface area contributed by atoms with Crippen LogP contribution in [0, 0.1) is 5.82 Å². The van der Waals surface area contributed by atoms with E-state index in [2.05, 4.69) is 21.2 Å². The van der Waals surface area contributed by atoms with Crippen molar-refractivity contribution in [3.63, 3.8) is 0 Å². The summed E-state index contributed by atoms with van der Waals surface area (Å²) >= 11 is 3.27. The van der Waals surface area contributed by atoms with E-state index in [-0.39, 0.29) is 18.9 Å². The fourth-order valence-electron chi connectivity index (χ4n) is 2.37. The summed E-state index contributed by atoms with van der Waals surface area (Å²) in [5.74, 6) is -1.93. The molecule has 6 nitrogen and oxygen atoms in total. The van der Waals surface area contributed by atoms with Crippen LogP contribution in [0.5, 0.6) is 0 Å². The fourth-order valence-corrected chi connectivity index (χ4v) is 2.64. The molecular weight excluding hydrogens is 431 g/mol. The molecule has 8 heteroatoms. The van der Waals surface area contributed by atoms with Gasteiger partial charge in [-0.2, -0.15) is 0 Å². The third kappa shape index (κ3) is 6.77. The number of amides is 2. The average Bonchev–Trinajstić information content (AvgIpc) is 2.69. The predicted molar refractivity (Wildman–Crippen MR) is 105 cm³/mol. The molecule has 2 aromatic carbocycles. The molecule has 0 atom stereocenters. The van der Waals surface area contributed by atoms with Crippen LogP contribution in [0.25, 0.3) is 0 Å². The Morgan fingerprint density at radius 3 is 2.50 bits per heavy atom. The van der Waals surface area contributed by atoms with E-state index < -0.39 is 24.4 Å². The topological polar surface area (TPSA) is 75.7 Å². The first-order valence-electron chi connectivity index (χ1n) is 8.60. The van der Waals surface area contributed by atoms with Crippen molar-refractivity contribution in [1.82, 2.24) is 10.2 Å². The summed E-state index contributed by atoms with van der Waals surface area (Å²) in [6, 6.07) is 12.6. The van der Waals surface area contributed by atoms with Gasteiger partial charge in [-0.1, -0.05) is 28.1 Å². The minimum absolute atomic E-state index is 0.213. The number of carbonyl (C=O) groups excluding carboxylic acids is 3. The molecule has 0 aliphatic heterocycles. The monoisotopic (exact) mass is 450 g/mol. The third-order valence-corrected chi connectivity index (χ3v) is 4.38. The van der Waals surface area contributed by atoms with Gasteiger partial charge in [-0.05, 0) is 48.9 Å². The van der Waals surface area contributed by atoms with Gasteiger partial charge in [0.25, 0.3) is 11.8 Å². The van der Waals surface area contributed by atoms with Crippen LogP contribution in [0.2, 0.25) is 0 Å². The zero-order chi connectivity index (χ0) is 20.5. The molecule has 0 aliphatic rings. The molecule has 1 N–H and O–H groups in total. The zero-order valence-electron chi connectivity index (χ0n) is 15.3. The van der Waals surface area contributed by atoms with E-state index in [0.717, 1.165) is 4.47 Å². The number of benzene rings is 2. The molecule has 28 heavy (non-hydrogen) atoms. The van der Waals surface area contributed by atoms with Gasteiger partial charge >= 0.3 is 5.97 Å². The standard InChI is InChI=1S/C20H20BrFN2O4/c1-2-24(12-14-4-3-5-17(22)10-14)18(25)13-28-19(26)11-23-20(27)15-6-8-16(21)9-7-15/h3-10H,2,11-13H2,1H3,(H,23,27). The molecule has 0 spiro atoms. The second-order valence-electron chi connectivity index (χ2n) is 5.89. The first-order valence-corrected chi connectivity index (χ1v) is 9.40. The highest BCUT2D eigenvalue weighted by atomic mass is 79.9. The maximum Gasteiger partial charge on any atom is 0.325 e. The first-order chi connectivity index (χ1) is 13.4. The van der Waals surface area contributed by atoms with E-state index in [9.17, 15) is 18.8 Å². The van der Waals surface area contributed by atoms with E-state index in [0.29, 0.717) is 17.7 Å². The quantitative estimate of drug-likeness (QED) is 0.627. The largest absolute Gasteiger partial charge is 0.454 e. The van der Waals surface area contributed by atoms with Gasteiger partial charge in [0.05, 0.1) is 0 Å². The Morgan fingerprint density at radius 1 is 1.14 bits per heavy atom. The van der Waals surface area contributed by atoms with Gasteiger partial charge < -0.3 is 15.0 Å². The van der Waals surface area contributed by atoms with E-state index in [1.807, 2.05) is 0 Å². The maximum atomic E-state index is 13.3. The highest BCUT2D eigenvalue weighted by Crippen LogP contribution is 2.10. The van der Waals surface area contributed by atoms with Crippen molar-refractivity contribution in [2.24, 2.45) is 0 Å². The number of carbonyl (C=O) groups is 3. The van der Waals surface area contributed by atoms with Crippen LogP contribution in [-0.2, 0) is 20.9 Å². The molecule has 0 bridgehead atoms. The number of halogens is 2. The molecule has 0 aromatic heterocycles. The van der Waals surface area contributed by atoms with Crippen LogP contribution in [0.4, 0.5) is 4.39 Å². The molecule has 148 valence electrons. The number of rotatable bonds is 8. The fraction of sp³-hybridized carbons (Fsp3) is 0.250. The Labute approximate surface area is 170 Å². The summed E-state index contributed by atoms with van der Waals surface area (Å²) in [6.45, 7) is 1.57. The molecule has 0 unspecified atom stereocenters. The third-order valence-electron chi connectivity index (χ3n) is 3.85. The molecule has 2 amide bonds. The second kappa shape index (κ2) is 10.6. The Hall–Kier alpha value is -2.74. The lowest BCUT2D eigenvalue weighted by Crippen LogP contribution is -2.36. The Bertz CT molecular complexity index is 842. The highest BCUT2D eigenvalue weighted by Gasteiger charge is 2.16. The molecule has 2 aromatic rings. The molecule has 2 rings (SSSR count). The Morgan fingerprint density at radius 2 is 1.86 bits per heavy atom. The second-order valence-corrected chi connectivity index (χ2v) is 6.80. The minimum atomic E-state index is -0.722. The summed E-state index contributed by atoms with van der Waals surface area (Å²) in [7, 11) is 0. The summed E-state index contributed by atoms with van der Waals surface area (Å²) in [4.78, 5) is 37.4. The minimum Gasteiger partial charge on any atom is -0.454 e. The van der Waals surface area contributed by atoms with Gasteiger partial charge in [-0.15, -0.1) is 0 Å². The van der Waals surface area contributed by atoms with Crippen molar-refractivity contribution in [2.45, 2.75) is 13.5 Å². The van der Waals surface area contributed by atoms with Crippen molar-refractivity contribution in [2.75, 3.05) is 19.7 Å². The molecule has 0 saturated carbocycles. The van der Waals surface area contributed by atoms with E-state index in [1.165, 1.54) is 17.0 Å². The van der Waals surface area contributed by atoms with Crippen LogP contribution < -0.4 is 5.32 Å². The molecule has 0 saturated heterocycles. The van der Waals surface area contributed by atoms with Crippen LogP contribution in [0.1, 0.15) is 22.8 Å². The summed E-state index contributed by atoms with van der Waals surface area (Å²) in [5, 5.41) is 2.44. The summed E-state index contributed by atoms with van der Waals surface area (Å²) in [6.07, 6.45) is 0. The van der Waals surface area contributed by atoms with Crippen molar-refractivity contribution < 1.29 is 23.5 Å². The van der Waals surface area contributed by atoms with Gasteiger partial charge in [0.15, 0.2) is 6.61 Å². The lowest BCUT2D eigenvalue weighted by molar-refractivity contribution is -0.151. The first kappa shape index (κ1) is 21.6. The van der Waals surface area contributed by atoms with E-state index >= 15 is 0 Å². The average molecular weight is 451 g/mol. The van der Waals surface area contributed by atoms with Gasteiger partial charge in [0.2, 0.25) is 0 Å². The molecule has 0 heterocycles. The number of hydrogen-bond acceptors (Lipinski definition) is 4. The Balaban J connectivity index is 1.78. The lowest BCUT2D eigenvalue weighted by Gasteiger charge is -2.21. The van der Waals surface area contributed by atoms with E-state index in [1.54, 1.807) is 43.3 Å². The Kier molecular flexibility index (Phi) is 8.13. The maximum absolute atomic E-state index is 13.3. The highest BCUT2D eigenvalue weighted by molar-refractivity contribution is 9.10. The predicted octanol–water partition coefficient (Wildman–Crippen LogP) is 2.91. The molecular formula is C20H20BrFN2O4. The zero-order valence-corrected chi connectivity index (χ0v) is 16.9. The molecule has 0 fully saturated rings. The lowest BCUT2D eigenvalue weighted by atomic mass is 10.2. The van der Waals surface area contributed by atoms with Crippen LogP contribution in [-0.4, -0.2) is 42.4 Å². The summed E-state index contributed by atoms with van der Waals surface area (Å²) in [5.41, 5.74) is 1.04. The summed E-state index contributed by atoms with van der Waals surface area (Å²) < 4.78 is 19.0. The van der Waals surface area contributed by atoms with Gasteiger partial charge in [0.1, 0.15) is 12.4 Å². The number of nitrogens with zero attached hydrogens (tertiary/aromatic N) is 1. The molecule has 0 radical (unpaired) electrons. The van der Waals surface area contributed by atoms with Crippen LogP contribution in [0.15, 0.2) is 53.0 Å². The number of nitrogens with one attached hydrogen (secondary N) is 1. The van der Waals surface area contributed by atoms with Crippen LogP contribution in [0.3, 0.4) is 0 Å². The van der Waals surface area contributed by atoms with Gasteiger partial charge in [0, 0.05) is 23.1 Å². The van der Waals surface area contributed by atoms with Crippen molar-refractivity contribution in [3.8, 4) is 0 Å². The van der Waals surface area contributed by atoms with E-state index in [4.69, 9.17) is 4.74 Å². The normalized spacial score (nSPS) is 10.2. The number of likely N-dealkylation sites (N-methyl/N-ethyl adjacent to an activating group) is 1. The number of ether oxygens (including phenoxy) is 1. The molecule has 0 aliphatic carbocycles. The van der Waals surface area contributed by atoms with Crippen LogP contribution >= 0.6 is 15.9 Å². The van der Waals surface area contributed by atoms with Crippen molar-refractivity contribution in [1.29, 1.82) is 0 Å². The van der Waals surface area contributed by atoms with Gasteiger partial charge in [-0.25, -0.2) is 4.39 Å². The number of esters is 1. The number of hydrogen-bond donors (Lipinski definition) is 1. The van der Waals surface area contributed by atoms with Gasteiger partial charge in [-0.3, -0.25) is 14.4 Å². The van der Waals surface area contributed by atoms with Crippen molar-refractivity contribution in [3.05, 3.63) is 69.9 Å². The van der Waals surface area contributed by atoms with Crippen molar-refractivity contribution >= 4 is 33.7 Å². The smallest absolute Gasteiger partial charge is 0.325 e.